The van der Waals surface area contributed by atoms with Crippen molar-refractivity contribution in [3.63, 3.8) is 0 Å². The van der Waals surface area contributed by atoms with Gasteiger partial charge in [0.05, 0.1) is 12.4 Å². The van der Waals surface area contributed by atoms with Crippen LogP contribution in [0.1, 0.15) is 16.7 Å². The summed E-state index contributed by atoms with van der Waals surface area (Å²) < 4.78 is 52.1. The highest BCUT2D eigenvalue weighted by Gasteiger charge is 2.09. The summed E-state index contributed by atoms with van der Waals surface area (Å²) in [6.07, 6.45) is 2.20. The van der Waals surface area contributed by atoms with Crippen LogP contribution in [0, 0.1) is 30.2 Å². The number of rotatable bonds is 3. The maximum atomic E-state index is 13.5. The Labute approximate surface area is 118 Å². The van der Waals surface area contributed by atoms with E-state index in [2.05, 4.69) is 10.2 Å². The molecule has 0 aromatic heterocycles. The van der Waals surface area contributed by atoms with Crippen molar-refractivity contribution in [2.75, 3.05) is 0 Å². The highest BCUT2D eigenvalue weighted by molar-refractivity contribution is 5.82. The lowest BCUT2D eigenvalue weighted by molar-refractivity contribution is 0.447. The predicted octanol–water partition coefficient (Wildman–Crippen LogP) is 4.00. The van der Waals surface area contributed by atoms with Crippen molar-refractivity contribution in [1.29, 1.82) is 0 Å². The molecule has 0 aliphatic carbocycles. The summed E-state index contributed by atoms with van der Waals surface area (Å²) in [5.41, 5.74) is 1.01. The van der Waals surface area contributed by atoms with E-state index in [1.807, 2.05) is 0 Å². The van der Waals surface area contributed by atoms with Gasteiger partial charge < -0.3 is 0 Å². The van der Waals surface area contributed by atoms with Crippen molar-refractivity contribution in [3.8, 4) is 0 Å². The molecule has 2 nitrogen and oxygen atoms in total. The highest BCUT2D eigenvalue weighted by Crippen LogP contribution is 2.12. The molecule has 2 aromatic carbocycles. The second-order valence-electron chi connectivity index (χ2n) is 4.31. The van der Waals surface area contributed by atoms with Crippen molar-refractivity contribution in [2.45, 2.75) is 6.92 Å². The fourth-order valence-electron chi connectivity index (χ4n) is 1.58. The van der Waals surface area contributed by atoms with E-state index in [4.69, 9.17) is 0 Å². The molecule has 0 aliphatic heterocycles. The van der Waals surface area contributed by atoms with Gasteiger partial charge in [-0.05, 0) is 30.7 Å². The number of benzene rings is 2. The third kappa shape index (κ3) is 3.75. The van der Waals surface area contributed by atoms with Gasteiger partial charge in [0.2, 0.25) is 0 Å². The molecule has 0 radical (unpaired) electrons. The van der Waals surface area contributed by atoms with Crippen LogP contribution < -0.4 is 0 Å². The van der Waals surface area contributed by atoms with Crippen LogP contribution in [0.5, 0.6) is 0 Å². The zero-order valence-corrected chi connectivity index (χ0v) is 10.9. The second kappa shape index (κ2) is 6.30. The lowest BCUT2D eigenvalue weighted by Gasteiger charge is -1.97. The van der Waals surface area contributed by atoms with Gasteiger partial charge in [0, 0.05) is 11.1 Å². The molecule has 2 aromatic rings. The lowest BCUT2D eigenvalue weighted by atomic mass is 10.1. The number of nitrogens with zero attached hydrogens (tertiary/aromatic N) is 2. The normalized spacial score (nSPS) is 11.7. The van der Waals surface area contributed by atoms with Crippen molar-refractivity contribution in [1.82, 2.24) is 0 Å². The van der Waals surface area contributed by atoms with Gasteiger partial charge in [0.25, 0.3) is 0 Å². The summed E-state index contributed by atoms with van der Waals surface area (Å²) in [5.74, 6) is -4.62. The molecular formula is C15H10F4N2. The van der Waals surface area contributed by atoms with Gasteiger partial charge in [-0.3, -0.25) is 0 Å². The molecule has 0 atom stereocenters. The van der Waals surface area contributed by atoms with Crippen LogP contribution in [-0.2, 0) is 0 Å². The molecule has 0 saturated carbocycles. The molecular weight excluding hydrogens is 284 g/mol. The molecule has 108 valence electrons. The fourth-order valence-corrected chi connectivity index (χ4v) is 1.58. The number of hydrogen-bond acceptors (Lipinski definition) is 2. The smallest absolute Gasteiger partial charge is 0.194 e. The summed E-state index contributed by atoms with van der Waals surface area (Å²) in [7, 11) is 0. The first kappa shape index (κ1) is 14.9. The van der Waals surface area contributed by atoms with Crippen molar-refractivity contribution >= 4 is 12.4 Å². The van der Waals surface area contributed by atoms with Gasteiger partial charge in [-0.15, -0.1) is 0 Å². The van der Waals surface area contributed by atoms with E-state index < -0.39 is 23.3 Å². The molecule has 0 saturated heterocycles. The Bertz CT molecular complexity index is 701. The Morgan fingerprint density at radius 3 is 2.05 bits per heavy atom. The van der Waals surface area contributed by atoms with E-state index in [1.165, 1.54) is 18.3 Å². The van der Waals surface area contributed by atoms with Gasteiger partial charge in [-0.2, -0.15) is 10.2 Å². The van der Waals surface area contributed by atoms with Gasteiger partial charge in [-0.1, -0.05) is 12.1 Å². The number of halogens is 4. The highest BCUT2D eigenvalue weighted by atomic mass is 19.2. The maximum Gasteiger partial charge on any atom is 0.194 e. The first-order valence-electron chi connectivity index (χ1n) is 5.94. The molecule has 0 bridgehead atoms. The van der Waals surface area contributed by atoms with Crippen LogP contribution in [0.2, 0.25) is 0 Å². The molecule has 6 heteroatoms. The molecule has 0 N–H and O–H groups in total. The van der Waals surface area contributed by atoms with E-state index in [9.17, 15) is 17.6 Å². The Hall–Kier alpha value is -2.50. The molecule has 21 heavy (non-hydrogen) atoms. The van der Waals surface area contributed by atoms with Crippen LogP contribution in [0.25, 0.3) is 0 Å². The predicted molar refractivity (Wildman–Crippen MR) is 72.6 cm³/mol. The molecule has 0 unspecified atom stereocenters. The Morgan fingerprint density at radius 1 is 0.810 bits per heavy atom. The van der Waals surface area contributed by atoms with E-state index in [0.717, 1.165) is 23.9 Å². The summed E-state index contributed by atoms with van der Waals surface area (Å²) in [4.78, 5) is 0. The summed E-state index contributed by atoms with van der Waals surface area (Å²) >= 11 is 0. The first-order valence-corrected chi connectivity index (χ1v) is 5.94. The molecule has 2 rings (SSSR count). The van der Waals surface area contributed by atoms with Crippen LogP contribution in [-0.4, -0.2) is 12.4 Å². The van der Waals surface area contributed by atoms with E-state index in [0.29, 0.717) is 0 Å². The van der Waals surface area contributed by atoms with Crippen molar-refractivity contribution in [2.24, 2.45) is 10.2 Å². The fraction of sp³-hybridized carbons (Fsp3) is 0.0667. The standard InChI is InChI=1S/C15H10F4N2/c1-9-2-3-11(12(16)4-9)8-21-20-7-10-5-13(17)15(19)14(18)6-10/h2-8H,1H3/b20-7+,21-8+. The quantitative estimate of drug-likeness (QED) is 0.354. The van der Waals surface area contributed by atoms with Gasteiger partial charge >= 0.3 is 0 Å². The van der Waals surface area contributed by atoms with Crippen molar-refractivity contribution < 1.29 is 17.6 Å². The van der Waals surface area contributed by atoms with Gasteiger partial charge in [0.15, 0.2) is 17.5 Å². The van der Waals surface area contributed by atoms with E-state index in [1.54, 1.807) is 13.0 Å². The third-order valence-electron chi connectivity index (χ3n) is 2.63. The number of hydrogen-bond donors (Lipinski definition) is 0. The molecule has 0 heterocycles. The van der Waals surface area contributed by atoms with Crippen molar-refractivity contribution in [3.05, 3.63) is 70.3 Å². The molecule has 0 amide bonds. The zero-order chi connectivity index (χ0) is 15.4. The van der Waals surface area contributed by atoms with Crippen LogP contribution >= 0.6 is 0 Å². The van der Waals surface area contributed by atoms with Crippen LogP contribution in [0.4, 0.5) is 17.6 Å². The van der Waals surface area contributed by atoms with Crippen LogP contribution in [0.15, 0.2) is 40.5 Å². The third-order valence-corrected chi connectivity index (χ3v) is 2.63. The minimum atomic E-state index is -1.54. The summed E-state index contributed by atoms with van der Waals surface area (Å²) in [5, 5.41) is 7.11. The Morgan fingerprint density at radius 2 is 1.43 bits per heavy atom. The SMILES string of the molecule is Cc1ccc(/C=N/N=C/c2cc(F)c(F)c(F)c2)c(F)c1. The largest absolute Gasteiger partial charge is 0.206 e. The monoisotopic (exact) mass is 294 g/mol. The molecule has 0 fully saturated rings. The second-order valence-corrected chi connectivity index (χ2v) is 4.31. The van der Waals surface area contributed by atoms with Gasteiger partial charge in [0.1, 0.15) is 5.82 Å². The Balaban J connectivity index is 2.13. The maximum absolute atomic E-state index is 13.5. The van der Waals surface area contributed by atoms with E-state index >= 15 is 0 Å². The summed E-state index contributed by atoms with van der Waals surface area (Å²) in [6.45, 7) is 1.75. The summed E-state index contributed by atoms with van der Waals surface area (Å²) in [6, 6.07) is 6.14. The average Bonchev–Trinajstić information content (AvgIpc) is 2.42. The van der Waals surface area contributed by atoms with E-state index in [-0.39, 0.29) is 11.1 Å². The topological polar surface area (TPSA) is 24.7 Å². The molecule has 0 spiro atoms. The average molecular weight is 294 g/mol. The minimum absolute atomic E-state index is 0.00734. The lowest BCUT2D eigenvalue weighted by Crippen LogP contribution is -1.93. The van der Waals surface area contributed by atoms with Gasteiger partial charge in [-0.25, -0.2) is 17.6 Å². The first-order chi connectivity index (χ1) is 9.97. The zero-order valence-electron chi connectivity index (χ0n) is 10.9. The minimum Gasteiger partial charge on any atom is -0.206 e. The van der Waals surface area contributed by atoms with Crippen LogP contribution in [0.3, 0.4) is 0 Å². The Kier molecular flexibility index (Phi) is 4.47. The number of aryl methyl sites for hydroxylation is 1. The molecule has 0 aliphatic rings.